The lowest BCUT2D eigenvalue weighted by molar-refractivity contribution is 0.184. The lowest BCUT2D eigenvalue weighted by Crippen LogP contribution is -2.41. The van der Waals surface area contributed by atoms with Crippen molar-refractivity contribution >= 4 is 10.0 Å². The van der Waals surface area contributed by atoms with Crippen LogP contribution in [-0.4, -0.2) is 30.9 Å². The Labute approximate surface area is 86.8 Å². The third kappa shape index (κ3) is 8.47. The summed E-state index contributed by atoms with van der Waals surface area (Å²) in [7, 11) is -3.20. The van der Waals surface area contributed by atoms with E-state index < -0.39 is 21.7 Å². The zero-order chi connectivity index (χ0) is 11.4. The number of hydrogen-bond acceptors (Lipinski definition) is 3. The van der Waals surface area contributed by atoms with Crippen LogP contribution in [0.1, 0.15) is 40.5 Å². The fraction of sp³-hybridized carbons (Fsp3) is 1.00. The van der Waals surface area contributed by atoms with Crippen molar-refractivity contribution in [2.45, 2.75) is 52.2 Å². The van der Waals surface area contributed by atoms with Gasteiger partial charge in [-0.3, -0.25) is 0 Å². The lowest BCUT2D eigenvalue weighted by atomic mass is 10.1. The molecule has 0 fully saturated rings. The van der Waals surface area contributed by atoms with Crippen LogP contribution in [0, 0.1) is 0 Å². The maximum Gasteiger partial charge on any atom is 0.212 e. The first kappa shape index (κ1) is 13.9. The topological polar surface area (TPSA) is 66.4 Å². The van der Waals surface area contributed by atoms with Gasteiger partial charge >= 0.3 is 0 Å². The molecule has 5 heteroatoms. The first-order valence-corrected chi connectivity index (χ1v) is 6.47. The van der Waals surface area contributed by atoms with Crippen LogP contribution >= 0.6 is 0 Å². The van der Waals surface area contributed by atoms with Crippen molar-refractivity contribution in [2.24, 2.45) is 0 Å². The molecule has 0 radical (unpaired) electrons. The molecule has 0 saturated carbocycles. The van der Waals surface area contributed by atoms with Gasteiger partial charge in [0, 0.05) is 5.54 Å². The van der Waals surface area contributed by atoms with E-state index in [2.05, 4.69) is 4.72 Å². The Hall–Kier alpha value is -0.130. The largest absolute Gasteiger partial charge is 0.393 e. The normalized spacial score (nSPS) is 15.5. The first-order chi connectivity index (χ1) is 6.12. The highest BCUT2D eigenvalue weighted by Gasteiger charge is 2.19. The molecule has 0 bridgehead atoms. The number of sulfonamides is 1. The SMILES string of the molecule is CC(O)CCCS(=O)(=O)NC(C)(C)C. The molecule has 0 aliphatic carbocycles. The van der Waals surface area contributed by atoms with Crippen molar-refractivity contribution in [1.29, 1.82) is 0 Å². The van der Waals surface area contributed by atoms with Crippen LogP contribution in [0.3, 0.4) is 0 Å². The number of aliphatic hydroxyl groups excluding tert-OH is 1. The summed E-state index contributed by atoms with van der Waals surface area (Å²) in [5.41, 5.74) is -0.427. The summed E-state index contributed by atoms with van der Waals surface area (Å²) < 4.78 is 25.4. The summed E-state index contributed by atoms with van der Waals surface area (Å²) in [6, 6.07) is 0. The van der Waals surface area contributed by atoms with Crippen LogP contribution in [0.2, 0.25) is 0 Å². The number of nitrogens with one attached hydrogen (secondary N) is 1. The van der Waals surface area contributed by atoms with Crippen LogP contribution in [-0.2, 0) is 10.0 Å². The molecule has 1 unspecified atom stereocenters. The number of rotatable bonds is 5. The summed E-state index contributed by atoms with van der Waals surface area (Å²) in [4.78, 5) is 0. The van der Waals surface area contributed by atoms with Crippen molar-refractivity contribution in [3.8, 4) is 0 Å². The van der Waals surface area contributed by atoms with Crippen LogP contribution in [0.4, 0.5) is 0 Å². The Morgan fingerprint density at radius 1 is 1.36 bits per heavy atom. The van der Waals surface area contributed by atoms with E-state index in [9.17, 15) is 8.42 Å². The van der Waals surface area contributed by atoms with Gasteiger partial charge in [0.25, 0.3) is 0 Å². The second-order valence-corrected chi connectivity index (χ2v) is 6.50. The third-order valence-corrected chi connectivity index (χ3v) is 3.25. The molecular weight excluding hydrogens is 202 g/mol. The smallest absolute Gasteiger partial charge is 0.212 e. The molecule has 0 aromatic carbocycles. The van der Waals surface area contributed by atoms with Gasteiger partial charge in [-0.2, -0.15) is 0 Å². The highest BCUT2D eigenvalue weighted by molar-refractivity contribution is 7.89. The van der Waals surface area contributed by atoms with Crippen molar-refractivity contribution in [2.75, 3.05) is 5.75 Å². The molecule has 2 N–H and O–H groups in total. The second kappa shape index (κ2) is 5.09. The fourth-order valence-corrected chi connectivity index (χ4v) is 2.67. The standard InChI is InChI=1S/C9H21NO3S/c1-8(11)6-5-7-14(12,13)10-9(2,3)4/h8,10-11H,5-7H2,1-4H3. The minimum Gasteiger partial charge on any atom is -0.393 e. The molecule has 4 nitrogen and oxygen atoms in total. The minimum atomic E-state index is -3.20. The van der Waals surface area contributed by atoms with Gasteiger partial charge in [0.1, 0.15) is 0 Å². The van der Waals surface area contributed by atoms with Gasteiger partial charge in [0.2, 0.25) is 10.0 Å². The van der Waals surface area contributed by atoms with Gasteiger partial charge in [0.15, 0.2) is 0 Å². The van der Waals surface area contributed by atoms with E-state index in [1.807, 2.05) is 0 Å². The average molecular weight is 223 g/mol. The molecule has 0 amide bonds. The Morgan fingerprint density at radius 3 is 2.21 bits per heavy atom. The molecule has 0 spiro atoms. The summed E-state index contributed by atoms with van der Waals surface area (Å²) in [5.74, 6) is 0.0785. The molecule has 1 atom stereocenters. The van der Waals surface area contributed by atoms with Crippen LogP contribution in [0.5, 0.6) is 0 Å². The monoisotopic (exact) mass is 223 g/mol. The molecule has 0 aromatic rings. The van der Waals surface area contributed by atoms with E-state index in [0.717, 1.165) is 0 Å². The quantitative estimate of drug-likeness (QED) is 0.726. The van der Waals surface area contributed by atoms with Crippen molar-refractivity contribution < 1.29 is 13.5 Å². The molecule has 0 aromatic heterocycles. The van der Waals surface area contributed by atoms with E-state index >= 15 is 0 Å². The number of hydrogen-bond donors (Lipinski definition) is 2. The van der Waals surface area contributed by atoms with Crippen LogP contribution in [0.15, 0.2) is 0 Å². The minimum absolute atomic E-state index is 0.0785. The summed E-state index contributed by atoms with van der Waals surface area (Å²) in [6.07, 6.45) is 0.577. The Bertz CT molecular complexity index is 252. The molecule has 14 heavy (non-hydrogen) atoms. The predicted octanol–water partition coefficient (Wildman–Crippen LogP) is 0.865. The van der Waals surface area contributed by atoms with Gasteiger partial charge in [-0.05, 0) is 40.5 Å². The maximum atomic E-state index is 11.4. The van der Waals surface area contributed by atoms with Gasteiger partial charge in [-0.1, -0.05) is 0 Å². The van der Waals surface area contributed by atoms with Gasteiger partial charge < -0.3 is 5.11 Å². The first-order valence-electron chi connectivity index (χ1n) is 4.82. The fourth-order valence-electron chi connectivity index (χ4n) is 1.09. The molecule has 0 saturated heterocycles. The Balaban J connectivity index is 3.98. The van der Waals surface area contributed by atoms with Gasteiger partial charge in [0.05, 0.1) is 11.9 Å². The molecule has 86 valence electrons. The summed E-state index contributed by atoms with van der Waals surface area (Å²) >= 11 is 0. The van der Waals surface area contributed by atoms with E-state index in [0.29, 0.717) is 12.8 Å². The zero-order valence-corrected chi connectivity index (χ0v) is 10.2. The van der Waals surface area contributed by atoms with Crippen LogP contribution in [0.25, 0.3) is 0 Å². The molecule has 0 aliphatic rings. The third-order valence-electron chi connectivity index (χ3n) is 1.50. The predicted molar refractivity (Wildman–Crippen MR) is 57.6 cm³/mol. The van der Waals surface area contributed by atoms with Crippen molar-refractivity contribution in [1.82, 2.24) is 4.72 Å². The highest BCUT2D eigenvalue weighted by atomic mass is 32.2. The average Bonchev–Trinajstić information content (AvgIpc) is 1.78. The molecule has 0 aliphatic heterocycles. The Kier molecular flexibility index (Phi) is 5.05. The Morgan fingerprint density at radius 2 is 1.86 bits per heavy atom. The maximum absolute atomic E-state index is 11.4. The summed E-state index contributed by atoms with van der Waals surface area (Å²) in [5, 5.41) is 8.97. The van der Waals surface area contributed by atoms with Crippen molar-refractivity contribution in [3.05, 3.63) is 0 Å². The molecule has 0 heterocycles. The van der Waals surface area contributed by atoms with E-state index in [4.69, 9.17) is 5.11 Å². The van der Waals surface area contributed by atoms with Gasteiger partial charge in [-0.25, -0.2) is 13.1 Å². The van der Waals surface area contributed by atoms with Crippen LogP contribution < -0.4 is 4.72 Å². The molecule has 0 rings (SSSR count). The summed E-state index contributed by atoms with van der Waals surface area (Å²) in [6.45, 7) is 7.07. The highest BCUT2D eigenvalue weighted by Crippen LogP contribution is 2.05. The molecular formula is C9H21NO3S. The van der Waals surface area contributed by atoms with E-state index in [-0.39, 0.29) is 5.75 Å². The zero-order valence-electron chi connectivity index (χ0n) is 9.37. The van der Waals surface area contributed by atoms with E-state index in [1.165, 1.54) is 0 Å². The van der Waals surface area contributed by atoms with Gasteiger partial charge in [-0.15, -0.1) is 0 Å². The van der Waals surface area contributed by atoms with E-state index in [1.54, 1.807) is 27.7 Å². The number of aliphatic hydroxyl groups is 1. The second-order valence-electron chi connectivity index (χ2n) is 4.66. The lowest BCUT2D eigenvalue weighted by Gasteiger charge is -2.20. The van der Waals surface area contributed by atoms with Crippen molar-refractivity contribution in [3.63, 3.8) is 0 Å².